The second kappa shape index (κ2) is 10.8. The van der Waals surface area contributed by atoms with Crippen molar-refractivity contribution in [3.63, 3.8) is 0 Å². The van der Waals surface area contributed by atoms with E-state index in [4.69, 9.17) is 14.2 Å². The van der Waals surface area contributed by atoms with Crippen molar-refractivity contribution in [1.29, 1.82) is 0 Å². The number of benzene rings is 1. The largest absolute Gasteiger partial charge is 0.496 e. The molecule has 0 saturated heterocycles. The molecule has 31 heavy (non-hydrogen) atoms. The minimum Gasteiger partial charge on any atom is -0.496 e. The smallest absolute Gasteiger partial charge is 0.341 e. The molecule has 0 saturated carbocycles. The van der Waals surface area contributed by atoms with E-state index in [-0.39, 0.29) is 28.6 Å². The Morgan fingerprint density at radius 2 is 1.58 bits per heavy atom. The van der Waals surface area contributed by atoms with Crippen molar-refractivity contribution < 1.29 is 28.6 Å². The molecule has 8 nitrogen and oxygen atoms in total. The number of methoxy groups -OCH3 is 2. The van der Waals surface area contributed by atoms with Crippen LogP contribution in [0, 0.1) is 6.92 Å². The van der Waals surface area contributed by atoms with Gasteiger partial charge in [-0.05, 0) is 45.4 Å². The van der Waals surface area contributed by atoms with Gasteiger partial charge < -0.3 is 24.4 Å². The van der Waals surface area contributed by atoms with E-state index in [1.165, 1.54) is 14.2 Å². The molecule has 2 aromatic rings. The molecule has 2 amide bonds. The van der Waals surface area contributed by atoms with Crippen LogP contribution in [-0.4, -0.2) is 56.6 Å². The minimum absolute atomic E-state index is 0.168. The fourth-order valence-corrected chi connectivity index (χ4v) is 4.31. The molecule has 0 bridgehead atoms. The van der Waals surface area contributed by atoms with Crippen LogP contribution >= 0.6 is 11.3 Å². The van der Waals surface area contributed by atoms with Crippen molar-refractivity contribution in [1.82, 2.24) is 4.90 Å². The van der Waals surface area contributed by atoms with Gasteiger partial charge in [0.2, 0.25) is 0 Å². The number of carbonyl (C=O) groups excluding carboxylic acids is 3. The van der Waals surface area contributed by atoms with Crippen LogP contribution in [-0.2, 0) is 4.74 Å². The molecule has 1 aromatic heterocycles. The summed E-state index contributed by atoms with van der Waals surface area (Å²) in [5.41, 5.74) is 0.831. The van der Waals surface area contributed by atoms with E-state index in [1.54, 1.807) is 36.9 Å². The van der Waals surface area contributed by atoms with E-state index in [9.17, 15) is 14.4 Å². The lowest BCUT2D eigenvalue weighted by atomic mass is 10.1. The third-order valence-electron chi connectivity index (χ3n) is 4.75. The third kappa shape index (κ3) is 4.99. The van der Waals surface area contributed by atoms with Crippen molar-refractivity contribution in [3.05, 3.63) is 39.8 Å². The van der Waals surface area contributed by atoms with Crippen molar-refractivity contribution in [3.8, 4) is 11.5 Å². The molecule has 1 N–H and O–H groups in total. The number of hydrogen-bond acceptors (Lipinski definition) is 7. The van der Waals surface area contributed by atoms with Crippen molar-refractivity contribution in [2.45, 2.75) is 27.7 Å². The predicted octanol–water partition coefficient (Wildman–Crippen LogP) is 3.98. The van der Waals surface area contributed by atoms with E-state index < -0.39 is 11.9 Å². The first-order valence-corrected chi connectivity index (χ1v) is 10.8. The van der Waals surface area contributed by atoms with Crippen LogP contribution in [0.25, 0.3) is 0 Å². The number of nitrogens with zero attached hydrogens (tertiary/aromatic N) is 1. The number of hydrogen-bond donors (Lipinski definition) is 1. The second-order valence-electron chi connectivity index (χ2n) is 6.45. The number of ether oxygens (including phenoxy) is 3. The zero-order chi connectivity index (χ0) is 23.1. The molecule has 168 valence electrons. The van der Waals surface area contributed by atoms with Crippen LogP contribution in [0.4, 0.5) is 5.00 Å². The van der Waals surface area contributed by atoms with Crippen LogP contribution in [0.2, 0.25) is 0 Å². The number of nitrogens with one attached hydrogen (secondary N) is 1. The van der Waals surface area contributed by atoms with Crippen LogP contribution in [0.15, 0.2) is 18.2 Å². The lowest BCUT2D eigenvalue weighted by Gasteiger charge is -2.18. The zero-order valence-electron chi connectivity index (χ0n) is 18.7. The summed E-state index contributed by atoms with van der Waals surface area (Å²) in [6.07, 6.45) is 0. The predicted molar refractivity (Wildman–Crippen MR) is 120 cm³/mol. The van der Waals surface area contributed by atoms with Crippen molar-refractivity contribution >= 4 is 34.1 Å². The Hall–Kier alpha value is -3.07. The van der Waals surface area contributed by atoms with Gasteiger partial charge in [-0.3, -0.25) is 9.59 Å². The summed E-state index contributed by atoms with van der Waals surface area (Å²) < 4.78 is 15.8. The SMILES string of the molecule is CCOC(=O)c1c(NC(=O)c2c(OC)cccc2OC)sc(C(=O)N(CC)CC)c1C. The zero-order valence-corrected chi connectivity index (χ0v) is 19.5. The first-order valence-electron chi connectivity index (χ1n) is 9.96. The summed E-state index contributed by atoms with van der Waals surface area (Å²) in [4.78, 5) is 40.8. The van der Waals surface area contributed by atoms with Crippen LogP contribution in [0.3, 0.4) is 0 Å². The monoisotopic (exact) mass is 448 g/mol. The summed E-state index contributed by atoms with van der Waals surface area (Å²) >= 11 is 1.05. The normalized spacial score (nSPS) is 10.4. The molecule has 2 rings (SSSR count). The standard InChI is InChI=1S/C22H28N2O6S/c1-7-24(8-2)21(26)18-13(4)16(22(27)30-9-3)20(31-18)23-19(25)17-14(28-5)11-10-12-15(17)29-6/h10-12H,7-9H2,1-6H3,(H,23,25). The maximum Gasteiger partial charge on any atom is 0.341 e. The second-order valence-corrected chi connectivity index (χ2v) is 7.47. The van der Waals surface area contributed by atoms with Crippen LogP contribution in [0.1, 0.15) is 56.7 Å². The van der Waals surface area contributed by atoms with E-state index in [1.807, 2.05) is 13.8 Å². The maximum absolute atomic E-state index is 13.1. The fraction of sp³-hybridized carbons (Fsp3) is 0.409. The molecule has 1 heterocycles. The van der Waals surface area contributed by atoms with Gasteiger partial charge in [0.1, 0.15) is 22.1 Å². The van der Waals surface area contributed by atoms with E-state index in [0.717, 1.165) is 11.3 Å². The average molecular weight is 449 g/mol. The Kier molecular flexibility index (Phi) is 8.44. The quantitative estimate of drug-likeness (QED) is 0.583. The molecule has 9 heteroatoms. The Morgan fingerprint density at radius 3 is 2.06 bits per heavy atom. The van der Waals surface area contributed by atoms with Crippen molar-refractivity contribution in [2.24, 2.45) is 0 Å². The highest BCUT2D eigenvalue weighted by Gasteiger charge is 2.29. The first kappa shape index (κ1) is 24.2. The van der Waals surface area contributed by atoms with E-state index in [0.29, 0.717) is 35.0 Å². The van der Waals surface area contributed by atoms with Gasteiger partial charge >= 0.3 is 5.97 Å². The molecule has 0 radical (unpaired) electrons. The molecular weight excluding hydrogens is 420 g/mol. The summed E-state index contributed by atoms with van der Waals surface area (Å²) in [7, 11) is 2.90. The fourth-order valence-electron chi connectivity index (χ4n) is 3.15. The van der Waals surface area contributed by atoms with Gasteiger partial charge in [0.25, 0.3) is 11.8 Å². The summed E-state index contributed by atoms with van der Waals surface area (Å²) in [5.74, 6) is -0.682. The molecule has 1 aromatic carbocycles. The number of thiophene rings is 1. The molecule has 0 spiro atoms. The van der Waals surface area contributed by atoms with Gasteiger partial charge in [-0.25, -0.2) is 4.79 Å². The first-order chi connectivity index (χ1) is 14.8. The summed E-state index contributed by atoms with van der Waals surface area (Å²) in [6.45, 7) is 8.36. The number of rotatable bonds is 9. The third-order valence-corrected chi connectivity index (χ3v) is 5.95. The molecule has 0 aliphatic rings. The molecular formula is C22H28N2O6S. The van der Waals surface area contributed by atoms with Gasteiger partial charge in [-0.15, -0.1) is 11.3 Å². The molecule has 0 aliphatic carbocycles. The Labute approximate surface area is 186 Å². The minimum atomic E-state index is -0.600. The number of amides is 2. The summed E-state index contributed by atoms with van der Waals surface area (Å²) in [5, 5.41) is 2.99. The van der Waals surface area contributed by atoms with Crippen LogP contribution in [0.5, 0.6) is 11.5 Å². The van der Waals surface area contributed by atoms with Gasteiger partial charge in [-0.2, -0.15) is 0 Å². The highest BCUT2D eigenvalue weighted by atomic mass is 32.1. The van der Waals surface area contributed by atoms with Gasteiger partial charge in [-0.1, -0.05) is 6.07 Å². The molecule has 0 unspecified atom stereocenters. The Balaban J connectivity index is 2.55. The van der Waals surface area contributed by atoms with Gasteiger partial charge in [0, 0.05) is 13.1 Å². The van der Waals surface area contributed by atoms with E-state index in [2.05, 4.69) is 5.32 Å². The average Bonchev–Trinajstić information content (AvgIpc) is 3.09. The lowest BCUT2D eigenvalue weighted by Crippen LogP contribution is -2.30. The summed E-state index contributed by atoms with van der Waals surface area (Å²) in [6, 6.07) is 4.98. The van der Waals surface area contributed by atoms with Crippen molar-refractivity contribution in [2.75, 3.05) is 39.2 Å². The number of anilines is 1. The number of esters is 1. The van der Waals surface area contributed by atoms with Gasteiger partial charge in [0.05, 0.1) is 31.3 Å². The van der Waals surface area contributed by atoms with Gasteiger partial charge in [0.15, 0.2) is 0 Å². The lowest BCUT2D eigenvalue weighted by molar-refractivity contribution is 0.0527. The highest BCUT2D eigenvalue weighted by Crippen LogP contribution is 2.36. The number of carbonyl (C=O) groups is 3. The molecule has 0 atom stereocenters. The molecule has 0 aliphatic heterocycles. The topological polar surface area (TPSA) is 94.2 Å². The molecule has 0 fully saturated rings. The maximum atomic E-state index is 13.1. The van der Waals surface area contributed by atoms with E-state index >= 15 is 0 Å². The Morgan fingerprint density at radius 1 is 1.00 bits per heavy atom. The van der Waals surface area contributed by atoms with Crippen LogP contribution < -0.4 is 14.8 Å². The highest BCUT2D eigenvalue weighted by molar-refractivity contribution is 7.18. The Bertz CT molecular complexity index is 943.